The Labute approximate surface area is 126 Å². The third-order valence-electron chi connectivity index (χ3n) is 3.89. The molecule has 0 spiro atoms. The fraction of sp³-hybridized carbons (Fsp3) is 0.412. The Hall–Kier alpha value is -1.94. The van der Waals surface area contributed by atoms with E-state index in [9.17, 15) is 4.79 Å². The van der Waals surface area contributed by atoms with Crippen LogP contribution in [0.15, 0.2) is 30.6 Å². The zero-order chi connectivity index (χ0) is 15.6. The van der Waals surface area contributed by atoms with Gasteiger partial charge in [0.05, 0.1) is 12.2 Å². The second-order valence-corrected chi connectivity index (χ2v) is 5.80. The van der Waals surface area contributed by atoms with E-state index in [2.05, 4.69) is 10.00 Å². The summed E-state index contributed by atoms with van der Waals surface area (Å²) in [7, 11) is 3.87. The van der Waals surface area contributed by atoms with E-state index in [0.29, 0.717) is 6.54 Å². The minimum Gasteiger partial charge on any atom is -0.292 e. The molecule has 2 rings (SSSR count). The molecule has 4 nitrogen and oxygen atoms in total. The number of hydrogen-bond donors (Lipinski definition) is 0. The average Bonchev–Trinajstić information content (AvgIpc) is 2.85. The topological polar surface area (TPSA) is 38.1 Å². The maximum absolute atomic E-state index is 12.7. The summed E-state index contributed by atoms with van der Waals surface area (Å²) in [6, 6.07) is 5.87. The molecule has 0 aliphatic heterocycles. The number of nitrogens with zero attached hydrogens (tertiary/aromatic N) is 3. The fourth-order valence-corrected chi connectivity index (χ4v) is 2.40. The van der Waals surface area contributed by atoms with Crippen LogP contribution in [-0.4, -0.2) is 33.6 Å². The van der Waals surface area contributed by atoms with Crippen molar-refractivity contribution in [3.05, 3.63) is 52.8 Å². The van der Waals surface area contributed by atoms with E-state index in [1.54, 1.807) is 4.68 Å². The van der Waals surface area contributed by atoms with Gasteiger partial charge in [0.1, 0.15) is 0 Å². The van der Waals surface area contributed by atoms with Crippen molar-refractivity contribution in [2.45, 2.75) is 33.4 Å². The number of Topliss-reactive ketones (excluding diaryl/α,β-unsaturated/α-hetero) is 1. The lowest BCUT2D eigenvalue weighted by molar-refractivity contribution is 0.0861. The summed E-state index contributed by atoms with van der Waals surface area (Å²) >= 11 is 0. The van der Waals surface area contributed by atoms with Crippen LogP contribution in [0.3, 0.4) is 0 Å². The van der Waals surface area contributed by atoms with Crippen LogP contribution in [0.25, 0.3) is 0 Å². The summed E-state index contributed by atoms with van der Waals surface area (Å²) in [5.74, 6) is 0.169. The fourth-order valence-electron chi connectivity index (χ4n) is 2.40. The quantitative estimate of drug-likeness (QED) is 0.793. The van der Waals surface area contributed by atoms with Crippen molar-refractivity contribution in [1.29, 1.82) is 0 Å². The third-order valence-corrected chi connectivity index (χ3v) is 3.89. The molecule has 1 atom stereocenters. The first kappa shape index (κ1) is 15.4. The summed E-state index contributed by atoms with van der Waals surface area (Å²) in [6.07, 6.45) is 3.82. The van der Waals surface area contributed by atoms with Crippen LogP contribution in [0.2, 0.25) is 0 Å². The third kappa shape index (κ3) is 3.58. The lowest BCUT2D eigenvalue weighted by Crippen LogP contribution is -2.35. The molecule has 0 radical (unpaired) electrons. The minimum atomic E-state index is -0.161. The van der Waals surface area contributed by atoms with E-state index < -0.39 is 0 Å². The van der Waals surface area contributed by atoms with Crippen molar-refractivity contribution >= 4 is 5.78 Å². The number of benzene rings is 1. The van der Waals surface area contributed by atoms with Gasteiger partial charge in [0.2, 0.25) is 0 Å². The Kier molecular flexibility index (Phi) is 4.58. The van der Waals surface area contributed by atoms with E-state index in [1.807, 2.05) is 65.5 Å². The Morgan fingerprint density at radius 1 is 1.38 bits per heavy atom. The molecule has 21 heavy (non-hydrogen) atoms. The van der Waals surface area contributed by atoms with Crippen LogP contribution in [0.4, 0.5) is 0 Å². The molecular formula is C17H23N3O. The Bertz CT molecular complexity index is 645. The monoisotopic (exact) mass is 285 g/mol. The first-order valence-corrected chi connectivity index (χ1v) is 7.17. The highest BCUT2D eigenvalue weighted by Gasteiger charge is 2.21. The van der Waals surface area contributed by atoms with E-state index >= 15 is 0 Å². The Morgan fingerprint density at radius 2 is 2.10 bits per heavy atom. The van der Waals surface area contributed by atoms with Crippen LogP contribution in [0.1, 0.15) is 34.0 Å². The Balaban J connectivity index is 2.12. The molecule has 0 saturated carbocycles. The minimum absolute atomic E-state index is 0.161. The van der Waals surface area contributed by atoms with Gasteiger partial charge in [-0.3, -0.25) is 14.4 Å². The molecule has 112 valence electrons. The smallest absolute Gasteiger partial charge is 0.179 e. The number of carbonyl (C=O) groups is 1. The molecule has 2 aromatic rings. The average molecular weight is 285 g/mol. The molecule has 1 heterocycles. The molecular weight excluding hydrogens is 262 g/mol. The van der Waals surface area contributed by atoms with Gasteiger partial charge in [0.15, 0.2) is 5.78 Å². The summed E-state index contributed by atoms with van der Waals surface area (Å²) in [5, 5.41) is 4.16. The number of carbonyl (C=O) groups excluding carboxylic acids is 1. The molecule has 0 aliphatic rings. The van der Waals surface area contributed by atoms with Crippen LogP contribution in [0, 0.1) is 13.8 Å². The van der Waals surface area contributed by atoms with E-state index in [1.165, 1.54) is 0 Å². The van der Waals surface area contributed by atoms with Crippen molar-refractivity contribution in [3.63, 3.8) is 0 Å². The number of aryl methyl sites for hydroxylation is 3. The summed E-state index contributed by atoms with van der Waals surface area (Å²) in [4.78, 5) is 14.7. The zero-order valence-electron chi connectivity index (χ0n) is 13.4. The largest absolute Gasteiger partial charge is 0.292 e. The summed E-state index contributed by atoms with van der Waals surface area (Å²) in [5.41, 5.74) is 4.08. The van der Waals surface area contributed by atoms with Gasteiger partial charge < -0.3 is 0 Å². The number of likely N-dealkylation sites (N-methyl/N-ethyl adjacent to an activating group) is 1. The second kappa shape index (κ2) is 6.22. The molecule has 0 saturated heterocycles. The Morgan fingerprint density at radius 3 is 2.71 bits per heavy atom. The maximum atomic E-state index is 12.7. The normalized spacial score (nSPS) is 12.7. The van der Waals surface area contributed by atoms with Crippen LogP contribution in [-0.2, 0) is 13.6 Å². The first-order valence-electron chi connectivity index (χ1n) is 7.17. The number of aromatic nitrogens is 2. The van der Waals surface area contributed by atoms with Crippen LogP contribution < -0.4 is 0 Å². The van der Waals surface area contributed by atoms with Gasteiger partial charge in [0.25, 0.3) is 0 Å². The van der Waals surface area contributed by atoms with E-state index in [-0.39, 0.29) is 11.8 Å². The molecule has 0 aliphatic carbocycles. The molecule has 1 aromatic carbocycles. The molecule has 0 bridgehead atoms. The van der Waals surface area contributed by atoms with Gasteiger partial charge in [-0.05, 0) is 39.4 Å². The standard InChI is InChI=1S/C17H23N3O/c1-12-6-7-13(2)16(8-12)17(21)14(3)19(4)10-15-9-18-20(5)11-15/h6-9,11,14H,10H2,1-5H3. The highest BCUT2D eigenvalue weighted by Crippen LogP contribution is 2.16. The van der Waals surface area contributed by atoms with Crippen LogP contribution in [0.5, 0.6) is 0 Å². The van der Waals surface area contributed by atoms with Gasteiger partial charge in [0, 0.05) is 30.9 Å². The molecule has 0 amide bonds. The summed E-state index contributed by atoms with van der Waals surface area (Å²) in [6.45, 7) is 6.67. The number of hydrogen-bond acceptors (Lipinski definition) is 3. The predicted molar refractivity (Wildman–Crippen MR) is 84.4 cm³/mol. The SMILES string of the molecule is Cc1ccc(C)c(C(=O)C(C)N(C)Cc2cnn(C)c2)c1. The number of ketones is 1. The van der Waals surface area contributed by atoms with Gasteiger partial charge in [-0.1, -0.05) is 17.7 Å². The second-order valence-electron chi connectivity index (χ2n) is 5.80. The van der Waals surface area contributed by atoms with Crippen LogP contribution >= 0.6 is 0 Å². The van der Waals surface area contributed by atoms with E-state index in [4.69, 9.17) is 0 Å². The molecule has 0 N–H and O–H groups in total. The van der Waals surface area contributed by atoms with Crippen molar-refractivity contribution in [2.75, 3.05) is 7.05 Å². The number of rotatable bonds is 5. The van der Waals surface area contributed by atoms with Crippen molar-refractivity contribution in [2.24, 2.45) is 7.05 Å². The first-order chi connectivity index (χ1) is 9.88. The van der Waals surface area contributed by atoms with Crippen molar-refractivity contribution in [3.8, 4) is 0 Å². The lowest BCUT2D eigenvalue weighted by Gasteiger charge is -2.23. The lowest BCUT2D eigenvalue weighted by atomic mass is 9.97. The van der Waals surface area contributed by atoms with Gasteiger partial charge in [-0.2, -0.15) is 5.10 Å². The van der Waals surface area contributed by atoms with Gasteiger partial charge >= 0.3 is 0 Å². The van der Waals surface area contributed by atoms with E-state index in [0.717, 1.165) is 22.3 Å². The molecule has 0 fully saturated rings. The van der Waals surface area contributed by atoms with Gasteiger partial charge in [-0.15, -0.1) is 0 Å². The molecule has 4 heteroatoms. The highest BCUT2D eigenvalue weighted by molar-refractivity contribution is 6.01. The highest BCUT2D eigenvalue weighted by atomic mass is 16.1. The maximum Gasteiger partial charge on any atom is 0.179 e. The summed E-state index contributed by atoms with van der Waals surface area (Å²) < 4.78 is 1.78. The molecule has 1 unspecified atom stereocenters. The van der Waals surface area contributed by atoms with Crippen molar-refractivity contribution < 1.29 is 4.79 Å². The zero-order valence-corrected chi connectivity index (χ0v) is 13.4. The predicted octanol–water partition coefficient (Wildman–Crippen LogP) is 2.74. The van der Waals surface area contributed by atoms with Gasteiger partial charge in [-0.25, -0.2) is 0 Å². The van der Waals surface area contributed by atoms with Crippen molar-refractivity contribution in [1.82, 2.24) is 14.7 Å². The molecule has 1 aromatic heterocycles.